The van der Waals surface area contributed by atoms with Crippen molar-refractivity contribution >= 4 is 5.82 Å². The summed E-state index contributed by atoms with van der Waals surface area (Å²) < 4.78 is 117. The number of nitrogen functional groups attached to an aromatic ring is 1. The fourth-order valence-corrected chi connectivity index (χ4v) is 5.46. The zero-order chi connectivity index (χ0) is 39.7. The Morgan fingerprint density at radius 1 is 0.588 bits per heavy atom. The summed E-state index contributed by atoms with van der Waals surface area (Å²) in [7, 11) is 0. The summed E-state index contributed by atoms with van der Waals surface area (Å²) in [5.74, 6) is 0.169. The maximum Gasteiger partial charge on any atom is 0.418 e. The minimum absolute atomic E-state index is 0.00646. The van der Waals surface area contributed by atoms with Crippen molar-refractivity contribution in [2.24, 2.45) is 0 Å². The van der Waals surface area contributed by atoms with E-state index in [9.17, 15) is 39.5 Å². The van der Waals surface area contributed by atoms with E-state index in [1.807, 2.05) is 13.8 Å². The van der Waals surface area contributed by atoms with E-state index in [1.54, 1.807) is 62.3 Å². The van der Waals surface area contributed by atoms with E-state index in [0.29, 0.717) is 29.8 Å². The van der Waals surface area contributed by atoms with Crippen LogP contribution < -0.4 is 5.73 Å². The van der Waals surface area contributed by atoms with Crippen molar-refractivity contribution in [1.82, 2.24) is 15.0 Å². The number of aromatic nitrogens is 3. The van der Waals surface area contributed by atoms with Gasteiger partial charge in [-0.15, -0.1) is 0 Å². The molecule has 3 aromatic rings. The third-order valence-corrected chi connectivity index (χ3v) is 8.04. The first-order chi connectivity index (χ1) is 22.8. The molecule has 2 N–H and O–H groups in total. The number of nitrogens with zero attached hydrogens (tertiary/aromatic N) is 3. The average molecular weight is 735 g/mol. The van der Waals surface area contributed by atoms with Crippen LogP contribution in [0.1, 0.15) is 151 Å². The minimum atomic E-state index is -4.37. The number of aryl methyl sites for hydroxylation is 3. The lowest BCUT2D eigenvalue weighted by molar-refractivity contribution is -0.140. The SMILES string of the molecule is CC(C)(C)c1nc(N)cc(C2CC2)c1C(F)(F)F.CCc1cc(C)c(C(F)(F)F)c(C(C)(C)C)n1.CCc1ccc(C(F)(F)F)c(C(C)(C)C)n1. The minimum Gasteiger partial charge on any atom is -0.384 e. The van der Waals surface area contributed by atoms with Crippen LogP contribution in [-0.2, 0) is 47.6 Å². The maximum atomic E-state index is 13.3. The second kappa shape index (κ2) is 15.3. The highest BCUT2D eigenvalue weighted by molar-refractivity contribution is 5.48. The first kappa shape index (κ1) is 43.8. The maximum absolute atomic E-state index is 13.3. The zero-order valence-electron chi connectivity index (χ0n) is 31.5. The molecule has 3 heterocycles. The number of hydrogen-bond acceptors (Lipinski definition) is 4. The number of anilines is 1. The third kappa shape index (κ3) is 11.8. The number of nitrogens with two attached hydrogens (primary N) is 1. The van der Waals surface area contributed by atoms with Crippen molar-refractivity contribution in [3.8, 4) is 0 Å². The second-order valence-electron chi connectivity index (χ2n) is 15.9. The molecule has 13 heteroatoms. The number of pyridine rings is 3. The van der Waals surface area contributed by atoms with Crippen molar-refractivity contribution < 1.29 is 39.5 Å². The lowest BCUT2D eigenvalue weighted by atomic mass is 9.85. The monoisotopic (exact) mass is 734 g/mol. The normalized spacial score (nSPS) is 14.4. The van der Waals surface area contributed by atoms with Crippen LogP contribution in [0.15, 0.2) is 24.3 Å². The summed E-state index contributed by atoms with van der Waals surface area (Å²) in [6.07, 6.45) is -10.2. The Balaban J connectivity index is 0.000000266. The number of hydrogen-bond donors (Lipinski definition) is 1. The molecule has 286 valence electrons. The Hall–Kier alpha value is -3.38. The predicted molar refractivity (Wildman–Crippen MR) is 184 cm³/mol. The zero-order valence-corrected chi connectivity index (χ0v) is 31.5. The molecule has 0 radical (unpaired) electrons. The van der Waals surface area contributed by atoms with Crippen LogP contribution in [0.3, 0.4) is 0 Å². The van der Waals surface area contributed by atoms with Crippen LogP contribution in [0, 0.1) is 6.92 Å². The topological polar surface area (TPSA) is 64.7 Å². The van der Waals surface area contributed by atoms with Crippen LogP contribution in [0.25, 0.3) is 0 Å². The second-order valence-corrected chi connectivity index (χ2v) is 15.9. The smallest absolute Gasteiger partial charge is 0.384 e. The summed E-state index contributed by atoms with van der Waals surface area (Å²) in [4.78, 5) is 12.2. The van der Waals surface area contributed by atoms with Crippen LogP contribution >= 0.6 is 0 Å². The van der Waals surface area contributed by atoms with E-state index in [-0.39, 0.29) is 34.4 Å². The highest BCUT2D eigenvalue weighted by Crippen LogP contribution is 2.49. The Morgan fingerprint density at radius 3 is 1.39 bits per heavy atom. The first-order valence-electron chi connectivity index (χ1n) is 16.9. The molecular formula is C38H51F9N4. The van der Waals surface area contributed by atoms with Gasteiger partial charge in [0.15, 0.2) is 0 Å². The largest absolute Gasteiger partial charge is 0.418 e. The molecule has 0 unspecified atom stereocenters. The fourth-order valence-electron chi connectivity index (χ4n) is 5.46. The molecule has 1 aliphatic carbocycles. The molecular weight excluding hydrogens is 683 g/mol. The van der Waals surface area contributed by atoms with Gasteiger partial charge in [-0.1, -0.05) is 76.2 Å². The van der Waals surface area contributed by atoms with E-state index in [2.05, 4.69) is 15.0 Å². The molecule has 51 heavy (non-hydrogen) atoms. The predicted octanol–water partition coefficient (Wildman–Crippen LogP) is 12.1. The summed E-state index contributed by atoms with van der Waals surface area (Å²) in [5.41, 5.74) is 4.28. The van der Waals surface area contributed by atoms with E-state index in [1.165, 1.54) is 25.1 Å². The van der Waals surface area contributed by atoms with Gasteiger partial charge in [0.05, 0.1) is 33.8 Å². The third-order valence-electron chi connectivity index (χ3n) is 8.04. The lowest BCUT2D eigenvalue weighted by Crippen LogP contribution is -2.24. The molecule has 1 saturated carbocycles. The average Bonchev–Trinajstić information content (AvgIpc) is 3.79. The van der Waals surface area contributed by atoms with E-state index >= 15 is 0 Å². The molecule has 0 saturated heterocycles. The van der Waals surface area contributed by atoms with Crippen molar-refractivity contribution in [3.05, 3.63) is 80.6 Å². The van der Waals surface area contributed by atoms with Gasteiger partial charge in [0.25, 0.3) is 0 Å². The molecule has 3 aromatic heterocycles. The lowest BCUT2D eigenvalue weighted by Gasteiger charge is -2.25. The standard InChI is InChI=1S/C13H17F3N2.C13H18F3N.C12H16F3N/c1-12(2,3)11-10(13(14,15)16)8(7-4-5-7)6-9(17)18-11;1-6-9-7-8(2)10(13(14,15)16)11(17-9)12(3,4)5;1-5-8-6-7-9(12(13,14)15)10(16-8)11(2,3)4/h6-7H,4-5H2,1-3H3,(H2,17,18);7H,6H2,1-5H3;6-7H,5H2,1-4H3. The summed E-state index contributed by atoms with van der Waals surface area (Å²) in [5, 5.41) is 0. The highest BCUT2D eigenvalue weighted by atomic mass is 19.4. The Morgan fingerprint density at radius 2 is 1.02 bits per heavy atom. The van der Waals surface area contributed by atoms with Crippen LogP contribution in [0.2, 0.25) is 0 Å². The van der Waals surface area contributed by atoms with Gasteiger partial charge in [0.1, 0.15) is 5.82 Å². The van der Waals surface area contributed by atoms with E-state index in [0.717, 1.165) is 18.9 Å². The van der Waals surface area contributed by atoms with Gasteiger partial charge in [-0.3, -0.25) is 9.97 Å². The molecule has 0 atom stereocenters. The van der Waals surface area contributed by atoms with Gasteiger partial charge in [0.2, 0.25) is 0 Å². The van der Waals surface area contributed by atoms with Crippen molar-refractivity contribution in [2.75, 3.05) is 5.73 Å². The molecule has 4 nitrogen and oxygen atoms in total. The first-order valence-corrected chi connectivity index (χ1v) is 16.9. The Bertz CT molecular complexity index is 1650. The highest BCUT2D eigenvalue weighted by Gasteiger charge is 2.44. The Labute approximate surface area is 295 Å². The molecule has 0 aliphatic heterocycles. The van der Waals surface area contributed by atoms with E-state index in [4.69, 9.17) is 5.73 Å². The van der Waals surface area contributed by atoms with Crippen LogP contribution in [0.4, 0.5) is 45.3 Å². The molecule has 0 bridgehead atoms. The van der Waals surface area contributed by atoms with Crippen LogP contribution in [-0.4, -0.2) is 15.0 Å². The van der Waals surface area contributed by atoms with Crippen molar-refractivity contribution in [2.45, 2.75) is 149 Å². The molecule has 0 amide bonds. The summed E-state index contributed by atoms with van der Waals surface area (Å²) in [6.45, 7) is 20.9. The van der Waals surface area contributed by atoms with E-state index < -0.39 is 51.5 Å². The number of alkyl halides is 9. The quantitative estimate of drug-likeness (QED) is 0.272. The van der Waals surface area contributed by atoms with Gasteiger partial charge in [0, 0.05) is 27.6 Å². The van der Waals surface area contributed by atoms with Gasteiger partial charge < -0.3 is 5.73 Å². The molecule has 1 aliphatic rings. The molecule has 4 rings (SSSR count). The Kier molecular flexibility index (Phi) is 13.1. The molecule has 0 aromatic carbocycles. The summed E-state index contributed by atoms with van der Waals surface area (Å²) >= 11 is 0. The molecule has 0 spiro atoms. The van der Waals surface area contributed by atoms with Gasteiger partial charge in [-0.2, -0.15) is 39.5 Å². The van der Waals surface area contributed by atoms with Gasteiger partial charge in [-0.05, 0) is 73.9 Å². The number of halogens is 9. The van der Waals surface area contributed by atoms with Gasteiger partial charge >= 0.3 is 18.5 Å². The van der Waals surface area contributed by atoms with Crippen LogP contribution in [0.5, 0.6) is 0 Å². The van der Waals surface area contributed by atoms with Crippen molar-refractivity contribution in [3.63, 3.8) is 0 Å². The van der Waals surface area contributed by atoms with Gasteiger partial charge in [-0.25, -0.2) is 4.98 Å². The summed E-state index contributed by atoms with van der Waals surface area (Å²) in [6, 6.07) is 5.48. The number of rotatable bonds is 3. The van der Waals surface area contributed by atoms with Crippen molar-refractivity contribution in [1.29, 1.82) is 0 Å². The fraction of sp³-hybridized carbons (Fsp3) is 0.605. The molecule has 1 fully saturated rings.